The molecule has 1 N–H and O–H groups in total. The fraction of sp³-hybridized carbons (Fsp3) is 0.0714. The van der Waals surface area contributed by atoms with Crippen LogP contribution in [0.3, 0.4) is 0 Å². The molecule has 2 aromatic rings. The summed E-state index contributed by atoms with van der Waals surface area (Å²) in [5.41, 5.74) is 0.568. The van der Waals surface area contributed by atoms with E-state index in [4.69, 9.17) is 5.11 Å². The van der Waals surface area contributed by atoms with E-state index < -0.39 is 15.8 Å². The molecule has 0 fully saturated rings. The van der Waals surface area contributed by atoms with Gasteiger partial charge in [-0.25, -0.2) is 13.2 Å². The van der Waals surface area contributed by atoms with Crippen molar-refractivity contribution in [1.29, 1.82) is 0 Å². The zero-order valence-electron chi connectivity index (χ0n) is 10.6. The number of sulfone groups is 1. The first-order valence-corrected chi connectivity index (χ1v) is 9.03. The van der Waals surface area contributed by atoms with E-state index in [1.54, 1.807) is 24.3 Å². The van der Waals surface area contributed by atoms with Gasteiger partial charge in [0, 0.05) is 8.95 Å². The zero-order valence-corrected chi connectivity index (χ0v) is 14.6. The number of hydrogen-bond acceptors (Lipinski definition) is 3. The predicted molar refractivity (Wildman–Crippen MR) is 86.1 cm³/mol. The first-order chi connectivity index (χ1) is 9.79. The maximum absolute atomic E-state index is 12.4. The summed E-state index contributed by atoms with van der Waals surface area (Å²) < 4.78 is 26.1. The Labute approximate surface area is 139 Å². The lowest BCUT2D eigenvalue weighted by molar-refractivity contribution is 0.0696. The monoisotopic (exact) mass is 432 g/mol. The lowest BCUT2D eigenvalue weighted by Gasteiger charge is -2.08. The Balaban J connectivity index is 2.41. The SMILES string of the molecule is O=C(O)c1ccc(Br)c(S(=O)(=O)Cc2ccc(Br)cc2)c1. The van der Waals surface area contributed by atoms with E-state index in [1.807, 2.05) is 0 Å². The van der Waals surface area contributed by atoms with Gasteiger partial charge in [-0.15, -0.1) is 0 Å². The van der Waals surface area contributed by atoms with Crippen LogP contribution in [0.4, 0.5) is 0 Å². The van der Waals surface area contributed by atoms with Crippen molar-refractivity contribution in [3.63, 3.8) is 0 Å². The molecule has 0 amide bonds. The molecule has 7 heteroatoms. The van der Waals surface area contributed by atoms with E-state index in [2.05, 4.69) is 31.9 Å². The third-order valence-electron chi connectivity index (χ3n) is 2.78. The second kappa shape index (κ2) is 6.29. The molecule has 21 heavy (non-hydrogen) atoms. The molecule has 0 unspecified atom stereocenters. The Morgan fingerprint density at radius 1 is 1.05 bits per heavy atom. The lowest BCUT2D eigenvalue weighted by atomic mass is 10.2. The largest absolute Gasteiger partial charge is 0.478 e. The highest BCUT2D eigenvalue weighted by atomic mass is 79.9. The van der Waals surface area contributed by atoms with Gasteiger partial charge in [0.25, 0.3) is 0 Å². The Kier molecular flexibility index (Phi) is 4.85. The predicted octanol–water partition coefficient (Wildman–Crippen LogP) is 3.88. The minimum Gasteiger partial charge on any atom is -0.478 e. The van der Waals surface area contributed by atoms with Gasteiger partial charge in [-0.2, -0.15) is 0 Å². The number of carboxylic acid groups (broad SMARTS) is 1. The summed E-state index contributed by atoms with van der Waals surface area (Å²) in [6, 6.07) is 10.9. The summed E-state index contributed by atoms with van der Waals surface area (Å²) in [5.74, 6) is -1.36. The molecule has 0 spiro atoms. The van der Waals surface area contributed by atoms with Gasteiger partial charge in [-0.1, -0.05) is 28.1 Å². The third kappa shape index (κ3) is 3.93. The third-order valence-corrected chi connectivity index (χ3v) is 5.99. The van der Waals surface area contributed by atoms with E-state index in [0.717, 1.165) is 4.47 Å². The molecule has 0 aliphatic rings. The van der Waals surface area contributed by atoms with Crippen molar-refractivity contribution in [2.45, 2.75) is 10.6 Å². The molecule has 0 aliphatic carbocycles. The summed E-state index contributed by atoms with van der Waals surface area (Å²) in [4.78, 5) is 10.9. The highest BCUT2D eigenvalue weighted by molar-refractivity contribution is 9.10. The Hall–Kier alpha value is -1.18. The molecule has 0 aliphatic heterocycles. The number of rotatable bonds is 4. The van der Waals surface area contributed by atoms with E-state index in [9.17, 15) is 13.2 Å². The maximum Gasteiger partial charge on any atom is 0.335 e. The van der Waals surface area contributed by atoms with E-state index in [-0.39, 0.29) is 16.2 Å². The van der Waals surface area contributed by atoms with Crippen molar-refractivity contribution in [2.24, 2.45) is 0 Å². The van der Waals surface area contributed by atoms with Crippen LogP contribution in [0.1, 0.15) is 15.9 Å². The Bertz CT molecular complexity index is 783. The maximum atomic E-state index is 12.4. The molecular weight excluding hydrogens is 424 g/mol. The number of halogens is 2. The van der Waals surface area contributed by atoms with Crippen LogP contribution in [0.25, 0.3) is 0 Å². The average molecular weight is 434 g/mol. The molecule has 0 saturated heterocycles. The van der Waals surface area contributed by atoms with Crippen molar-refractivity contribution in [1.82, 2.24) is 0 Å². The van der Waals surface area contributed by atoms with Crippen LogP contribution in [0.15, 0.2) is 56.3 Å². The number of benzene rings is 2. The van der Waals surface area contributed by atoms with Crippen LogP contribution in [-0.4, -0.2) is 19.5 Å². The zero-order chi connectivity index (χ0) is 15.6. The first-order valence-electron chi connectivity index (χ1n) is 5.79. The average Bonchev–Trinajstić information content (AvgIpc) is 2.41. The molecule has 2 rings (SSSR count). The quantitative estimate of drug-likeness (QED) is 0.793. The van der Waals surface area contributed by atoms with Gasteiger partial charge in [0.2, 0.25) is 0 Å². The standard InChI is InChI=1S/C14H10Br2O4S/c15-11-4-1-9(2-5-11)8-21(19,20)13-7-10(14(17)18)3-6-12(13)16/h1-7H,8H2,(H,17,18). The van der Waals surface area contributed by atoms with Crippen molar-refractivity contribution < 1.29 is 18.3 Å². The van der Waals surface area contributed by atoms with Gasteiger partial charge in [0.05, 0.1) is 16.2 Å². The van der Waals surface area contributed by atoms with E-state index in [0.29, 0.717) is 10.0 Å². The lowest BCUT2D eigenvalue weighted by Crippen LogP contribution is -2.08. The second-order valence-corrected chi connectivity index (χ2v) is 8.06. The van der Waals surface area contributed by atoms with Gasteiger partial charge in [0.15, 0.2) is 9.84 Å². The number of carbonyl (C=O) groups is 1. The summed E-state index contributed by atoms with van der Waals surface area (Å²) >= 11 is 6.45. The Morgan fingerprint density at radius 3 is 2.24 bits per heavy atom. The molecule has 0 heterocycles. The number of carboxylic acids is 1. The molecule has 0 radical (unpaired) electrons. The fourth-order valence-electron chi connectivity index (χ4n) is 1.75. The summed E-state index contributed by atoms with van der Waals surface area (Å²) in [6.45, 7) is 0. The smallest absolute Gasteiger partial charge is 0.335 e. The van der Waals surface area contributed by atoms with Crippen LogP contribution in [-0.2, 0) is 15.6 Å². The molecule has 110 valence electrons. The normalized spacial score (nSPS) is 11.3. The summed E-state index contributed by atoms with van der Waals surface area (Å²) in [5, 5.41) is 8.97. The molecule has 0 aromatic heterocycles. The minimum absolute atomic E-state index is 0.0229. The van der Waals surface area contributed by atoms with E-state index in [1.165, 1.54) is 18.2 Å². The topological polar surface area (TPSA) is 71.4 Å². The van der Waals surface area contributed by atoms with Crippen molar-refractivity contribution in [3.05, 3.63) is 62.5 Å². The van der Waals surface area contributed by atoms with Gasteiger partial charge >= 0.3 is 5.97 Å². The molecule has 0 atom stereocenters. The second-order valence-electron chi connectivity index (χ2n) is 4.34. The van der Waals surface area contributed by atoms with Crippen molar-refractivity contribution >= 4 is 47.7 Å². The molecule has 0 bridgehead atoms. The number of aromatic carboxylic acids is 1. The van der Waals surface area contributed by atoms with Crippen LogP contribution in [0.2, 0.25) is 0 Å². The van der Waals surface area contributed by atoms with Gasteiger partial charge in [0.1, 0.15) is 0 Å². The summed E-state index contributed by atoms with van der Waals surface area (Å²) in [6.07, 6.45) is 0. The van der Waals surface area contributed by atoms with Gasteiger partial charge in [-0.05, 0) is 51.8 Å². The molecular formula is C14H10Br2O4S. The highest BCUT2D eigenvalue weighted by Crippen LogP contribution is 2.26. The van der Waals surface area contributed by atoms with Crippen molar-refractivity contribution in [2.75, 3.05) is 0 Å². The fourth-order valence-corrected chi connectivity index (χ4v) is 4.46. The molecule has 2 aromatic carbocycles. The first kappa shape index (κ1) is 16.2. The van der Waals surface area contributed by atoms with Crippen LogP contribution in [0.5, 0.6) is 0 Å². The van der Waals surface area contributed by atoms with Gasteiger partial charge < -0.3 is 5.11 Å². The summed E-state index contributed by atoms with van der Waals surface area (Å²) in [7, 11) is -3.64. The van der Waals surface area contributed by atoms with Gasteiger partial charge in [-0.3, -0.25) is 0 Å². The minimum atomic E-state index is -3.64. The number of hydrogen-bond donors (Lipinski definition) is 1. The molecule has 4 nitrogen and oxygen atoms in total. The van der Waals surface area contributed by atoms with E-state index >= 15 is 0 Å². The van der Waals surface area contributed by atoms with Crippen LogP contribution >= 0.6 is 31.9 Å². The Morgan fingerprint density at radius 2 is 1.67 bits per heavy atom. The van der Waals surface area contributed by atoms with Crippen molar-refractivity contribution in [3.8, 4) is 0 Å². The van der Waals surface area contributed by atoms with Crippen LogP contribution in [0, 0.1) is 0 Å². The molecule has 0 saturated carbocycles. The van der Waals surface area contributed by atoms with Crippen LogP contribution < -0.4 is 0 Å². The highest BCUT2D eigenvalue weighted by Gasteiger charge is 2.20.